The van der Waals surface area contributed by atoms with E-state index in [0.29, 0.717) is 5.56 Å². The summed E-state index contributed by atoms with van der Waals surface area (Å²) in [6, 6.07) is 6.05. The first-order valence-electron chi connectivity index (χ1n) is 7.42. The van der Waals surface area contributed by atoms with Crippen molar-refractivity contribution in [2.75, 3.05) is 18.0 Å². The fourth-order valence-electron chi connectivity index (χ4n) is 3.06. The van der Waals surface area contributed by atoms with E-state index in [1.807, 2.05) is 25.1 Å². The molecule has 2 aromatic heterocycles. The lowest BCUT2D eigenvalue weighted by Gasteiger charge is -2.20. The molecule has 112 valence electrons. The van der Waals surface area contributed by atoms with Crippen LogP contribution in [-0.4, -0.2) is 28.3 Å². The van der Waals surface area contributed by atoms with Crippen LogP contribution in [0.1, 0.15) is 17.8 Å². The van der Waals surface area contributed by atoms with Gasteiger partial charge in [0.25, 0.3) is 5.56 Å². The number of hydrogen-bond acceptors (Lipinski definition) is 5. The number of benzene rings is 1. The monoisotopic (exact) mass is 312 g/mol. The Hall–Kier alpha value is -2.21. The van der Waals surface area contributed by atoms with Gasteiger partial charge in [-0.3, -0.25) is 4.79 Å². The lowest BCUT2D eigenvalue weighted by atomic mass is 10.1. The summed E-state index contributed by atoms with van der Waals surface area (Å²) in [5.41, 5.74) is 3.33. The summed E-state index contributed by atoms with van der Waals surface area (Å²) in [7, 11) is 0. The van der Waals surface area contributed by atoms with Crippen molar-refractivity contribution in [3.05, 3.63) is 39.8 Å². The first-order chi connectivity index (χ1) is 10.7. The zero-order chi connectivity index (χ0) is 15.1. The predicted octanol–water partition coefficient (Wildman–Crippen LogP) is 2.96. The highest BCUT2D eigenvalue weighted by atomic mass is 32.1. The Morgan fingerprint density at radius 1 is 1.27 bits per heavy atom. The molecule has 0 radical (unpaired) electrons. The Morgan fingerprint density at radius 3 is 2.91 bits per heavy atom. The molecule has 0 unspecified atom stereocenters. The van der Waals surface area contributed by atoms with Crippen LogP contribution in [0.25, 0.3) is 21.3 Å². The van der Waals surface area contributed by atoms with E-state index < -0.39 is 0 Å². The van der Waals surface area contributed by atoms with Gasteiger partial charge in [0, 0.05) is 13.1 Å². The van der Waals surface area contributed by atoms with Crippen LogP contribution in [-0.2, 0) is 0 Å². The van der Waals surface area contributed by atoms with E-state index in [0.717, 1.165) is 52.4 Å². The summed E-state index contributed by atoms with van der Waals surface area (Å²) in [6.07, 6.45) is 4.09. The number of hydrogen-bond donors (Lipinski definition) is 1. The minimum atomic E-state index is -0.143. The van der Waals surface area contributed by atoms with E-state index in [-0.39, 0.29) is 5.56 Å². The van der Waals surface area contributed by atoms with Gasteiger partial charge in [-0.2, -0.15) is 5.10 Å². The van der Waals surface area contributed by atoms with Crippen LogP contribution in [0.2, 0.25) is 0 Å². The smallest absolute Gasteiger partial charge is 0.274 e. The van der Waals surface area contributed by atoms with Gasteiger partial charge in [-0.1, -0.05) is 6.07 Å². The standard InChI is InChI=1S/C16H16N4OS/c1-10-18-12-8-11(4-5-14(12)22-10)15-13(9-17-19-16(15)21)20-6-2-3-7-20/h4-5,8-9H,2-3,6-7H2,1H3,(H,19,21). The molecule has 0 bridgehead atoms. The van der Waals surface area contributed by atoms with Crippen molar-refractivity contribution in [3.8, 4) is 11.1 Å². The van der Waals surface area contributed by atoms with Gasteiger partial charge in [0.2, 0.25) is 0 Å². The Labute approximate surface area is 131 Å². The summed E-state index contributed by atoms with van der Waals surface area (Å²) >= 11 is 1.67. The second-order valence-corrected chi connectivity index (χ2v) is 6.80. The van der Waals surface area contributed by atoms with Crippen LogP contribution >= 0.6 is 11.3 Å². The number of anilines is 1. The third-order valence-electron chi connectivity index (χ3n) is 4.07. The van der Waals surface area contributed by atoms with Gasteiger partial charge in [0.15, 0.2) is 0 Å². The molecule has 0 aliphatic carbocycles. The number of rotatable bonds is 2. The van der Waals surface area contributed by atoms with E-state index in [9.17, 15) is 4.79 Å². The summed E-state index contributed by atoms with van der Waals surface area (Å²) in [5.74, 6) is 0. The molecule has 1 aliphatic rings. The molecule has 1 N–H and O–H groups in total. The fraction of sp³-hybridized carbons (Fsp3) is 0.312. The van der Waals surface area contributed by atoms with Crippen LogP contribution in [0.5, 0.6) is 0 Å². The Bertz CT molecular complexity index is 893. The van der Waals surface area contributed by atoms with Gasteiger partial charge in [0.05, 0.1) is 32.7 Å². The van der Waals surface area contributed by atoms with Crippen molar-refractivity contribution in [2.45, 2.75) is 19.8 Å². The highest BCUT2D eigenvalue weighted by Gasteiger charge is 2.19. The van der Waals surface area contributed by atoms with Gasteiger partial charge in [-0.05, 0) is 37.5 Å². The van der Waals surface area contributed by atoms with Crippen LogP contribution in [0.15, 0.2) is 29.2 Å². The Morgan fingerprint density at radius 2 is 2.09 bits per heavy atom. The number of nitrogens with zero attached hydrogens (tertiary/aromatic N) is 3. The van der Waals surface area contributed by atoms with E-state index in [4.69, 9.17) is 0 Å². The molecule has 5 nitrogen and oxygen atoms in total. The molecule has 3 heterocycles. The van der Waals surface area contributed by atoms with Gasteiger partial charge in [0.1, 0.15) is 0 Å². The second kappa shape index (κ2) is 5.21. The molecule has 22 heavy (non-hydrogen) atoms. The van der Waals surface area contributed by atoms with Crippen molar-refractivity contribution in [2.24, 2.45) is 0 Å². The maximum Gasteiger partial charge on any atom is 0.274 e. The van der Waals surface area contributed by atoms with E-state index >= 15 is 0 Å². The van der Waals surface area contributed by atoms with Gasteiger partial charge in [-0.25, -0.2) is 10.1 Å². The zero-order valence-electron chi connectivity index (χ0n) is 12.3. The Kier molecular flexibility index (Phi) is 3.18. The summed E-state index contributed by atoms with van der Waals surface area (Å²) < 4.78 is 1.15. The first-order valence-corrected chi connectivity index (χ1v) is 8.24. The summed E-state index contributed by atoms with van der Waals surface area (Å²) in [5, 5.41) is 7.59. The average Bonchev–Trinajstić information content (AvgIpc) is 3.14. The van der Waals surface area contributed by atoms with Gasteiger partial charge < -0.3 is 4.90 Å². The lowest BCUT2D eigenvalue weighted by molar-refractivity contribution is 0.924. The van der Waals surface area contributed by atoms with Crippen molar-refractivity contribution >= 4 is 27.2 Å². The third-order valence-corrected chi connectivity index (χ3v) is 5.02. The third kappa shape index (κ3) is 2.20. The molecule has 1 fully saturated rings. The number of aromatic amines is 1. The summed E-state index contributed by atoms with van der Waals surface area (Å²) in [4.78, 5) is 19.2. The van der Waals surface area contributed by atoms with Crippen molar-refractivity contribution in [3.63, 3.8) is 0 Å². The minimum Gasteiger partial charge on any atom is -0.370 e. The molecule has 4 rings (SSSR count). The summed E-state index contributed by atoms with van der Waals surface area (Å²) in [6.45, 7) is 3.96. The molecular formula is C16H16N4OS. The molecule has 0 atom stereocenters. The molecule has 0 amide bonds. The van der Waals surface area contributed by atoms with Crippen molar-refractivity contribution < 1.29 is 0 Å². The number of fused-ring (bicyclic) bond motifs is 1. The normalized spacial score (nSPS) is 14.9. The molecular weight excluding hydrogens is 296 g/mol. The molecule has 1 aromatic carbocycles. The molecule has 0 saturated carbocycles. The highest BCUT2D eigenvalue weighted by Crippen LogP contribution is 2.32. The average molecular weight is 312 g/mol. The molecule has 6 heteroatoms. The first kappa shape index (κ1) is 13.5. The van der Waals surface area contributed by atoms with Crippen LogP contribution in [0, 0.1) is 6.92 Å². The lowest BCUT2D eigenvalue weighted by Crippen LogP contribution is -2.23. The maximum atomic E-state index is 12.4. The Balaban J connectivity index is 1.91. The fourth-order valence-corrected chi connectivity index (χ4v) is 3.87. The van der Waals surface area contributed by atoms with Gasteiger partial charge in [-0.15, -0.1) is 11.3 Å². The topological polar surface area (TPSA) is 61.9 Å². The number of aryl methyl sites for hydroxylation is 1. The van der Waals surface area contributed by atoms with Crippen LogP contribution in [0.3, 0.4) is 0 Å². The molecule has 0 spiro atoms. The van der Waals surface area contributed by atoms with E-state index in [1.54, 1.807) is 17.5 Å². The van der Waals surface area contributed by atoms with Crippen LogP contribution in [0.4, 0.5) is 5.69 Å². The molecule has 1 aliphatic heterocycles. The minimum absolute atomic E-state index is 0.143. The predicted molar refractivity (Wildman–Crippen MR) is 89.7 cm³/mol. The van der Waals surface area contributed by atoms with Crippen molar-refractivity contribution in [1.29, 1.82) is 0 Å². The number of nitrogens with one attached hydrogen (secondary N) is 1. The van der Waals surface area contributed by atoms with Crippen molar-refractivity contribution in [1.82, 2.24) is 15.2 Å². The maximum absolute atomic E-state index is 12.4. The molecule has 1 saturated heterocycles. The zero-order valence-corrected chi connectivity index (χ0v) is 13.1. The van der Waals surface area contributed by atoms with E-state index in [1.165, 1.54) is 0 Å². The van der Waals surface area contributed by atoms with Gasteiger partial charge >= 0.3 is 0 Å². The highest BCUT2D eigenvalue weighted by molar-refractivity contribution is 7.18. The number of H-pyrrole nitrogens is 1. The number of thiazole rings is 1. The SMILES string of the molecule is Cc1nc2cc(-c3c(N4CCCC4)cn[nH]c3=O)ccc2s1. The number of aromatic nitrogens is 3. The quantitative estimate of drug-likeness (QED) is 0.790. The molecule has 3 aromatic rings. The van der Waals surface area contributed by atoms with Crippen LogP contribution < -0.4 is 10.5 Å². The largest absolute Gasteiger partial charge is 0.370 e. The second-order valence-electron chi connectivity index (χ2n) is 5.57. The van der Waals surface area contributed by atoms with E-state index in [2.05, 4.69) is 20.1 Å².